The van der Waals surface area contributed by atoms with Crippen molar-refractivity contribution < 1.29 is 0 Å². The Hall–Kier alpha value is -1.30. The number of hydrogen-bond donors (Lipinski definition) is 0. The lowest BCUT2D eigenvalue weighted by Gasteiger charge is -2.15. The third-order valence-electron chi connectivity index (χ3n) is 6.06. The molecular weight excluding hydrogens is 388 g/mol. The van der Waals surface area contributed by atoms with Crippen LogP contribution in [0.4, 0.5) is 0 Å². The monoisotopic (exact) mass is 414 g/mol. The molecule has 0 saturated heterocycles. The van der Waals surface area contributed by atoms with Crippen molar-refractivity contribution in [2.45, 2.75) is 53.6 Å². The van der Waals surface area contributed by atoms with Crippen LogP contribution in [-0.2, 0) is 13.1 Å². The molecule has 0 radical (unpaired) electrons. The summed E-state index contributed by atoms with van der Waals surface area (Å²) in [5.74, 6) is 1.38. The van der Waals surface area contributed by atoms with E-state index in [0.29, 0.717) is 11.8 Å². The molecule has 27 heavy (non-hydrogen) atoms. The summed E-state index contributed by atoms with van der Waals surface area (Å²) in [6.45, 7) is 11.6. The molecule has 0 spiro atoms. The summed E-state index contributed by atoms with van der Waals surface area (Å²) in [6, 6.07) is 4.65. The van der Waals surface area contributed by atoms with Gasteiger partial charge in [-0.25, -0.2) is 0 Å². The molecule has 0 saturated carbocycles. The molecule has 5 aromatic rings. The quantitative estimate of drug-likeness (QED) is 0.265. The fraction of sp³-hybridized carbons (Fsp3) is 0.455. The van der Waals surface area contributed by atoms with Gasteiger partial charge in [-0.15, -0.1) is 34.0 Å². The molecule has 0 N–H and O–H groups in total. The highest BCUT2D eigenvalue weighted by Crippen LogP contribution is 2.48. The Labute approximate surface area is 172 Å². The first kappa shape index (κ1) is 17.8. The minimum absolute atomic E-state index is 0.692. The zero-order valence-corrected chi connectivity index (χ0v) is 18.9. The highest BCUT2D eigenvalue weighted by Gasteiger charge is 2.24. The van der Waals surface area contributed by atoms with Gasteiger partial charge in [0, 0.05) is 13.1 Å². The van der Waals surface area contributed by atoms with E-state index >= 15 is 0 Å². The van der Waals surface area contributed by atoms with Crippen LogP contribution >= 0.6 is 34.0 Å². The van der Waals surface area contributed by atoms with Gasteiger partial charge < -0.3 is 9.13 Å². The molecule has 5 aromatic heterocycles. The summed E-state index contributed by atoms with van der Waals surface area (Å²) < 4.78 is 11.2. The molecular formula is C22H26N2S3. The van der Waals surface area contributed by atoms with E-state index in [0.717, 1.165) is 13.1 Å². The molecule has 2 unspecified atom stereocenters. The van der Waals surface area contributed by atoms with Crippen LogP contribution in [0.2, 0.25) is 0 Å². The number of rotatable bonds is 6. The molecule has 0 amide bonds. The molecule has 0 aliphatic carbocycles. The summed E-state index contributed by atoms with van der Waals surface area (Å²) in [5, 5.41) is 4.52. The Morgan fingerprint density at radius 1 is 0.741 bits per heavy atom. The van der Waals surface area contributed by atoms with Gasteiger partial charge in [0.15, 0.2) is 0 Å². The first-order valence-corrected chi connectivity index (χ1v) is 12.6. The zero-order valence-electron chi connectivity index (χ0n) is 16.4. The number of hydrogen-bond acceptors (Lipinski definition) is 3. The number of nitrogens with zero attached hydrogens (tertiary/aromatic N) is 2. The highest BCUT2D eigenvalue weighted by atomic mass is 32.1. The standard InChI is InChI=1S/C22H26N2S3/c1-5-13(3)11-23-15-7-9-25-19(15)21-17(23)18-22(27-21)20-16(8-10-26-20)24(18)12-14(4)6-2/h7-10,13-14H,5-6,11-12H2,1-4H3. The minimum Gasteiger partial charge on any atom is -0.337 e. The summed E-state index contributed by atoms with van der Waals surface area (Å²) >= 11 is 5.83. The number of aromatic nitrogens is 2. The van der Waals surface area contributed by atoms with Crippen molar-refractivity contribution in [3.63, 3.8) is 0 Å². The molecule has 5 rings (SSSR count). The van der Waals surface area contributed by atoms with E-state index in [4.69, 9.17) is 0 Å². The van der Waals surface area contributed by atoms with Crippen LogP contribution in [-0.4, -0.2) is 9.13 Å². The van der Waals surface area contributed by atoms with Crippen LogP contribution in [0, 0.1) is 11.8 Å². The molecule has 2 nitrogen and oxygen atoms in total. The van der Waals surface area contributed by atoms with Gasteiger partial charge in [-0.2, -0.15) is 0 Å². The van der Waals surface area contributed by atoms with Crippen molar-refractivity contribution in [1.82, 2.24) is 9.13 Å². The molecule has 0 aliphatic heterocycles. The van der Waals surface area contributed by atoms with Crippen molar-refractivity contribution in [3.05, 3.63) is 22.9 Å². The van der Waals surface area contributed by atoms with Crippen LogP contribution in [0.3, 0.4) is 0 Å². The largest absolute Gasteiger partial charge is 0.337 e. The van der Waals surface area contributed by atoms with Gasteiger partial charge >= 0.3 is 0 Å². The predicted molar refractivity (Wildman–Crippen MR) is 125 cm³/mol. The minimum atomic E-state index is 0.692. The smallest absolute Gasteiger partial charge is 0.0858 e. The van der Waals surface area contributed by atoms with Gasteiger partial charge in [0.1, 0.15) is 0 Å². The van der Waals surface area contributed by atoms with Crippen LogP contribution in [0.15, 0.2) is 22.9 Å². The van der Waals surface area contributed by atoms with Crippen LogP contribution < -0.4 is 0 Å². The first-order valence-electron chi connectivity index (χ1n) is 10.0. The second-order valence-corrected chi connectivity index (χ2v) is 10.8. The summed E-state index contributed by atoms with van der Waals surface area (Å²) in [6.07, 6.45) is 2.45. The molecule has 5 heteroatoms. The molecule has 2 atom stereocenters. The Bertz CT molecular complexity index is 1150. The lowest BCUT2D eigenvalue weighted by molar-refractivity contribution is 0.480. The van der Waals surface area contributed by atoms with E-state index in [1.54, 1.807) is 0 Å². The maximum absolute atomic E-state index is 2.63. The lowest BCUT2D eigenvalue weighted by atomic mass is 10.1. The van der Waals surface area contributed by atoms with Crippen molar-refractivity contribution in [2.75, 3.05) is 0 Å². The summed E-state index contributed by atoms with van der Waals surface area (Å²) in [5.41, 5.74) is 5.85. The van der Waals surface area contributed by atoms with Crippen LogP contribution in [0.1, 0.15) is 40.5 Å². The highest BCUT2D eigenvalue weighted by molar-refractivity contribution is 7.33. The van der Waals surface area contributed by atoms with E-state index in [9.17, 15) is 0 Å². The van der Waals surface area contributed by atoms with Gasteiger partial charge in [0.05, 0.1) is 40.9 Å². The van der Waals surface area contributed by atoms with E-state index < -0.39 is 0 Å². The second-order valence-electron chi connectivity index (χ2n) is 7.98. The second kappa shape index (κ2) is 6.64. The third kappa shape index (κ3) is 2.55. The summed E-state index contributed by atoms with van der Waals surface area (Å²) in [4.78, 5) is 0. The maximum Gasteiger partial charge on any atom is 0.0858 e. The van der Waals surface area contributed by atoms with E-state index in [-0.39, 0.29) is 0 Å². The fourth-order valence-electron chi connectivity index (χ4n) is 4.09. The van der Waals surface area contributed by atoms with Gasteiger partial charge in [-0.05, 0) is 34.7 Å². The third-order valence-corrected chi connectivity index (χ3v) is 9.37. The maximum atomic E-state index is 2.63. The first-order chi connectivity index (χ1) is 13.1. The van der Waals surface area contributed by atoms with Crippen molar-refractivity contribution in [3.8, 4) is 0 Å². The molecule has 0 aromatic carbocycles. The van der Waals surface area contributed by atoms with Gasteiger partial charge in [0.25, 0.3) is 0 Å². The topological polar surface area (TPSA) is 9.86 Å². The average molecular weight is 415 g/mol. The van der Waals surface area contributed by atoms with Gasteiger partial charge in [-0.1, -0.05) is 40.5 Å². The predicted octanol–water partition coefficient (Wildman–Crippen LogP) is 8.18. The number of thiophene rings is 3. The molecule has 0 aliphatic rings. The normalized spacial score (nSPS) is 15.0. The Morgan fingerprint density at radius 3 is 1.59 bits per heavy atom. The van der Waals surface area contributed by atoms with Crippen molar-refractivity contribution in [1.29, 1.82) is 0 Å². The lowest BCUT2D eigenvalue weighted by Crippen LogP contribution is -2.09. The van der Waals surface area contributed by atoms with Crippen LogP contribution in [0.5, 0.6) is 0 Å². The molecule has 0 bridgehead atoms. The van der Waals surface area contributed by atoms with E-state index in [1.807, 2.05) is 34.0 Å². The molecule has 5 heterocycles. The van der Waals surface area contributed by atoms with Gasteiger partial charge in [0.2, 0.25) is 0 Å². The number of fused-ring (bicyclic) bond motifs is 7. The SMILES string of the molecule is CCC(C)Cn1c2ccsc2c2sc3c4sccc4n(CC(C)CC)c3c21. The Morgan fingerprint density at radius 2 is 1.19 bits per heavy atom. The van der Waals surface area contributed by atoms with Crippen molar-refractivity contribution >= 4 is 74.9 Å². The zero-order chi connectivity index (χ0) is 18.7. The Kier molecular flexibility index (Phi) is 4.37. The summed E-state index contributed by atoms with van der Waals surface area (Å²) in [7, 11) is 0. The fourth-order valence-corrected chi connectivity index (χ4v) is 7.51. The Balaban J connectivity index is 1.89. The molecule has 142 valence electrons. The van der Waals surface area contributed by atoms with Crippen LogP contribution in [0.25, 0.3) is 40.9 Å². The van der Waals surface area contributed by atoms with E-state index in [1.165, 1.54) is 53.7 Å². The average Bonchev–Trinajstić information content (AvgIpc) is 3.43. The van der Waals surface area contributed by atoms with E-state index in [2.05, 4.69) is 59.7 Å². The van der Waals surface area contributed by atoms with Gasteiger partial charge in [-0.3, -0.25) is 0 Å². The van der Waals surface area contributed by atoms with Crippen molar-refractivity contribution in [2.24, 2.45) is 11.8 Å². The molecule has 0 fully saturated rings.